The lowest BCUT2D eigenvalue weighted by Gasteiger charge is -2.39. The predicted molar refractivity (Wildman–Crippen MR) is 109 cm³/mol. The van der Waals surface area contributed by atoms with Gasteiger partial charge in [-0.05, 0) is 18.1 Å². The molecule has 28 heavy (non-hydrogen) atoms. The Morgan fingerprint density at radius 3 is 1.93 bits per heavy atom. The molecule has 0 radical (unpaired) electrons. The smallest absolute Gasteiger partial charge is 0.330 e. The molecule has 0 aromatic heterocycles. The van der Waals surface area contributed by atoms with Crippen LogP contribution in [0.25, 0.3) is 0 Å². The third-order valence-corrected chi connectivity index (χ3v) is 4.87. The van der Waals surface area contributed by atoms with Crippen molar-refractivity contribution in [2.45, 2.75) is 13.0 Å². The molecule has 0 saturated carbocycles. The molecule has 0 aliphatic carbocycles. The number of carbonyl (C=O) groups excluding carboxylic acids is 2. The maximum Gasteiger partial charge on any atom is 0.330 e. The molecule has 1 aliphatic heterocycles. The van der Waals surface area contributed by atoms with Gasteiger partial charge in [0.2, 0.25) is 5.91 Å². The van der Waals surface area contributed by atoms with Crippen LogP contribution in [0.1, 0.15) is 24.1 Å². The zero-order valence-corrected chi connectivity index (χ0v) is 16.2. The number of hydrogen-bond donors (Lipinski definition) is 0. The first-order valence-corrected chi connectivity index (χ1v) is 9.66. The van der Waals surface area contributed by atoms with Gasteiger partial charge >= 0.3 is 5.97 Å². The van der Waals surface area contributed by atoms with E-state index in [2.05, 4.69) is 53.4 Å². The number of nitrogens with zero attached hydrogens (tertiary/aromatic N) is 2. The highest BCUT2D eigenvalue weighted by atomic mass is 16.5. The summed E-state index contributed by atoms with van der Waals surface area (Å²) in [6.45, 7) is 4.84. The summed E-state index contributed by atoms with van der Waals surface area (Å²) in [7, 11) is 0. The van der Waals surface area contributed by atoms with Crippen molar-refractivity contribution in [2.24, 2.45) is 0 Å². The van der Waals surface area contributed by atoms with Crippen LogP contribution < -0.4 is 0 Å². The first-order chi connectivity index (χ1) is 13.7. The van der Waals surface area contributed by atoms with Gasteiger partial charge in [-0.3, -0.25) is 9.69 Å². The van der Waals surface area contributed by atoms with Gasteiger partial charge in [-0.1, -0.05) is 60.7 Å². The number of carbonyl (C=O) groups is 2. The third-order valence-electron chi connectivity index (χ3n) is 4.87. The van der Waals surface area contributed by atoms with Gasteiger partial charge in [-0.2, -0.15) is 0 Å². The molecular weight excluding hydrogens is 352 g/mol. The summed E-state index contributed by atoms with van der Waals surface area (Å²) in [6.07, 6.45) is 2.51. The van der Waals surface area contributed by atoms with Crippen LogP contribution >= 0.6 is 0 Å². The molecule has 1 aliphatic rings. The normalized spacial score (nSPS) is 15.1. The summed E-state index contributed by atoms with van der Waals surface area (Å²) >= 11 is 0. The summed E-state index contributed by atoms with van der Waals surface area (Å²) in [6, 6.07) is 21.1. The molecule has 146 valence electrons. The van der Waals surface area contributed by atoms with Crippen molar-refractivity contribution in [1.82, 2.24) is 9.80 Å². The fraction of sp³-hybridized carbons (Fsp3) is 0.304. The predicted octanol–water partition coefficient (Wildman–Crippen LogP) is 3.04. The Kier molecular flexibility index (Phi) is 6.98. The summed E-state index contributed by atoms with van der Waals surface area (Å²) in [5.74, 6) is -0.633. The van der Waals surface area contributed by atoms with Crippen LogP contribution in [0.3, 0.4) is 0 Å². The van der Waals surface area contributed by atoms with Gasteiger partial charge in [0.05, 0.1) is 12.6 Å². The lowest BCUT2D eigenvalue weighted by Crippen LogP contribution is -2.49. The van der Waals surface area contributed by atoms with Crippen molar-refractivity contribution in [3.63, 3.8) is 0 Å². The van der Waals surface area contributed by atoms with E-state index in [0.717, 1.165) is 13.1 Å². The molecule has 0 N–H and O–H groups in total. The van der Waals surface area contributed by atoms with E-state index < -0.39 is 5.97 Å². The Balaban J connectivity index is 1.68. The Morgan fingerprint density at radius 1 is 0.893 bits per heavy atom. The van der Waals surface area contributed by atoms with Gasteiger partial charge in [-0.25, -0.2) is 4.79 Å². The molecule has 2 aromatic carbocycles. The minimum atomic E-state index is -0.484. The number of esters is 1. The van der Waals surface area contributed by atoms with Gasteiger partial charge in [0, 0.05) is 38.3 Å². The van der Waals surface area contributed by atoms with Crippen molar-refractivity contribution in [3.8, 4) is 0 Å². The van der Waals surface area contributed by atoms with E-state index in [1.165, 1.54) is 23.3 Å². The van der Waals surface area contributed by atoms with Crippen molar-refractivity contribution >= 4 is 11.9 Å². The summed E-state index contributed by atoms with van der Waals surface area (Å²) in [5.41, 5.74) is 2.49. The molecule has 1 heterocycles. The maximum absolute atomic E-state index is 12.3. The average Bonchev–Trinajstić information content (AvgIpc) is 2.74. The summed E-state index contributed by atoms with van der Waals surface area (Å²) < 4.78 is 4.82. The first-order valence-electron chi connectivity index (χ1n) is 9.66. The maximum atomic E-state index is 12.3. The molecule has 1 fully saturated rings. The molecule has 0 unspecified atom stereocenters. The van der Waals surface area contributed by atoms with Gasteiger partial charge in [0.25, 0.3) is 0 Å². The second-order valence-electron chi connectivity index (χ2n) is 6.67. The van der Waals surface area contributed by atoms with E-state index in [9.17, 15) is 9.59 Å². The van der Waals surface area contributed by atoms with Gasteiger partial charge in [0.1, 0.15) is 0 Å². The average molecular weight is 378 g/mol. The molecular formula is C23H26N2O3. The van der Waals surface area contributed by atoms with Crippen molar-refractivity contribution in [2.75, 3.05) is 32.8 Å². The molecule has 2 aromatic rings. The van der Waals surface area contributed by atoms with Crippen LogP contribution in [0, 0.1) is 0 Å². The first kappa shape index (κ1) is 19.8. The number of ether oxygens (including phenoxy) is 1. The molecule has 1 amide bonds. The Morgan fingerprint density at radius 2 is 1.43 bits per heavy atom. The quantitative estimate of drug-likeness (QED) is 0.573. The van der Waals surface area contributed by atoms with Crippen LogP contribution in [-0.2, 0) is 14.3 Å². The van der Waals surface area contributed by atoms with Crippen molar-refractivity contribution < 1.29 is 14.3 Å². The van der Waals surface area contributed by atoms with Crippen LogP contribution in [0.5, 0.6) is 0 Å². The zero-order valence-electron chi connectivity index (χ0n) is 16.2. The molecule has 3 rings (SSSR count). The lowest BCUT2D eigenvalue weighted by atomic mass is 9.96. The Labute approximate surface area is 166 Å². The molecule has 0 atom stereocenters. The molecule has 5 heteroatoms. The van der Waals surface area contributed by atoms with Gasteiger partial charge < -0.3 is 9.64 Å². The number of hydrogen-bond acceptors (Lipinski definition) is 4. The Hall–Kier alpha value is -2.92. The third kappa shape index (κ3) is 5.08. The molecule has 1 saturated heterocycles. The Bertz CT molecular complexity index is 758. The lowest BCUT2D eigenvalue weighted by molar-refractivity contribution is -0.137. The highest BCUT2D eigenvalue weighted by molar-refractivity contribution is 5.94. The van der Waals surface area contributed by atoms with E-state index in [4.69, 9.17) is 4.74 Å². The van der Waals surface area contributed by atoms with Gasteiger partial charge in [0.15, 0.2) is 0 Å². The van der Waals surface area contributed by atoms with Crippen molar-refractivity contribution in [1.29, 1.82) is 0 Å². The van der Waals surface area contributed by atoms with Crippen LogP contribution in [0.4, 0.5) is 0 Å². The number of rotatable bonds is 6. The number of piperazine rings is 1. The SMILES string of the molecule is CCOC(=O)/C=C/C(=O)N1CCN(C(c2ccccc2)c2ccccc2)CC1. The minimum absolute atomic E-state index is 0.149. The highest BCUT2D eigenvalue weighted by Crippen LogP contribution is 2.29. The number of benzene rings is 2. The van der Waals surface area contributed by atoms with E-state index in [1.807, 2.05) is 12.1 Å². The topological polar surface area (TPSA) is 49.9 Å². The fourth-order valence-electron chi connectivity index (χ4n) is 3.52. The van der Waals surface area contributed by atoms with E-state index in [1.54, 1.807) is 11.8 Å². The monoisotopic (exact) mass is 378 g/mol. The van der Waals surface area contributed by atoms with Crippen LogP contribution in [0.15, 0.2) is 72.8 Å². The molecule has 5 nitrogen and oxygen atoms in total. The second-order valence-corrected chi connectivity index (χ2v) is 6.67. The van der Waals surface area contributed by atoms with Crippen LogP contribution in [0.2, 0.25) is 0 Å². The minimum Gasteiger partial charge on any atom is -0.463 e. The summed E-state index contributed by atoms with van der Waals surface area (Å²) in [5, 5.41) is 0. The van der Waals surface area contributed by atoms with E-state index in [-0.39, 0.29) is 11.9 Å². The fourth-order valence-corrected chi connectivity index (χ4v) is 3.52. The second kappa shape index (κ2) is 9.85. The van der Waals surface area contributed by atoms with E-state index >= 15 is 0 Å². The van der Waals surface area contributed by atoms with Gasteiger partial charge in [-0.15, -0.1) is 0 Å². The standard InChI is InChI=1S/C23H26N2O3/c1-2-28-22(27)14-13-21(26)24-15-17-25(18-16-24)23(19-9-5-3-6-10-19)20-11-7-4-8-12-20/h3-14,23H,2,15-18H2,1H3/b14-13+. The summed E-state index contributed by atoms with van der Waals surface area (Å²) in [4.78, 5) is 27.9. The molecule has 0 spiro atoms. The van der Waals surface area contributed by atoms with Crippen LogP contribution in [-0.4, -0.2) is 54.5 Å². The van der Waals surface area contributed by atoms with E-state index in [0.29, 0.717) is 19.7 Å². The largest absolute Gasteiger partial charge is 0.463 e. The zero-order chi connectivity index (χ0) is 19.8. The van der Waals surface area contributed by atoms with Crippen molar-refractivity contribution in [3.05, 3.63) is 83.9 Å². The molecule has 0 bridgehead atoms. The highest BCUT2D eigenvalue weighted by Gasteiger charge is 2.27. The number of amides is 1.